The van der Waals surface area contributed by atoms with E-state index in [1.54, 1.807) is 45.0 Å². The molecule has 15 heavy (non-hydrogen) atoms. The van der Waals surface area contributed by atoms with E-state index in [1.165, 1.54) is 0 Å². The summed E-state index contributed by atoms with van der Waals surface area (Å²) in [5, 5.41) is 0. The lowest BCUT2D eigenvalue weighted by atomic mass is 10.3. The maximum atomic E-state index is 11.8. The van der Waals surface area contributed by atoms with E-state index in [0.717, 1.165) is 0 Å². The maximum Gasteiger partial charge on any atom is 0.237 e. The summed E-state index contributed by atoms with van der Waals surface area (Å²) in [6.45, 7) is 4.90. The molecule has 0 fully saturated rings. The summed E-state index contributed by atoms with van der Waals surface area (Å²) >= 11 is 0. The zero-order chi connectivity index (χ0) is 11.7. The van der Waals surface area contributed by atoms with Crippen LogP contribution in [-0.2, 0) is 10.0 Å². The molecule has 1 aromatic rings. The molecule has 0 aliphatic carbocycles. The van der Waals surface area contributed by atoms with Gasteiger partial charge in [0.25, 0.3) is 0 Å². The number of nitrogens with one attached hydrogen (secondary N) is 1. The average Bonchev–Trinajstić information content (AvgIpc) is 2.06. The number of nitrogens with two attached hydrogens (primary N) is 1. The van der Waals surface area contributed by atoms with Gasteiger partial charge in [0, 0.05) is 0 Å². The molecule has 0 aliphatic rings. The first-order valence-corrected chi connectivity index (χ1v) is 6.09. The van der Waals surface area contributed by atoms with Crippen molar-refractivity contribution in [1.82, 2.24) is 0 Å². The number of anilines is 2. The molecule has 0 bridgehead atoms. The van der Waals surface area contributed by atoms with Crippen LogP contribution in [0.15, 0.2) is 24.3 Å². The molecule has 0 aromatic heterocycles. The van der Waals surface area contributed by atoms with Crippen molar-refractivity contribution in [2.75, 3.05) is 10.5 Å². The highest BCUT2D eigenvalue weighted by Gasteiger charge is 2.29. The van der Waals surface area contributed by atoms with Crippen molar-refractivity contribution in [3.63, 3.8) is 0 Å². The summed E-state index contributed by atoms with van der Waals surface area (Å²) in [5.41, 5.74) is 6.49. The van der Waals surface area contributed by atoms with Crippen LogP contribution in [0.5, 0.6) is 0 Å². The Morgan fingerprint density at radius 3 is 2.20 bits per heavy atom. The van der Waals surface area contributed by atoms with Crippen molar-refractivity contribution in [1.29, 1.82) is 0 Å². The Morgan fingerprint density at radius 2 is 1.73 bits per heavy atom. The van der Waals surface area contributed by atoms with E-state index in [1.807, 2.05) is 0 Å². The molecule has 0 heterocycles. The quantitative estimate of drug-likeness (QED) is 0.758. The lowest BCUT2D eigenvalue weighted by molar-refractivity contribution is 0.566. The van der Waals surface area contributed by atoms with Gasteiger partial charge < -0.3 is 5.73 Å². The molecule has 0 unspecified atom stereocenters. The van der Waals surface area contributed by atoms with Gasteiger partial charge in [-0.25, -0.2) is 8.42 Å². The van der Waals surface area contributed by atoms with Gasteiger partial charge in [0.15, 0.2) is 0 Å². The van der Waals surface area contributed by atoms with Crippen LogP contribution < -0.4 is 10.5 Å². The topological polar surface area (TPSA) is 72.2 Å². The Kier molecular flexibility index (Phi) is 2.95. The van der Waals surface area contributed by atoms with E-state index in [2.05, 4.69) is 4.72 Å². The molecule has 5 heteroatoms. The first-order valence-electron chi connectivity index (χ1n) is 4.61. The van der Waals surface area contributed by atoms with Gasteiger partial charge in [-0.05, 0) is 32.9 Å². The first-order chi connectivity index (χ1) is 6.74. The summed E-state index contributed by atoms with van der Waals surface area (Å²) in [7, 11) is -3.40. The van der Waals surface area contributed by atoms with Gasteiger partial charge in [-0.1, -0.05) is 12.1 Å². The number of sulfonamides is 1. The third-order valence-corrected chi connectivity index (χ3v) is 4.11. The third-order valence-electron chi connectivity index (χ3n) is 2.01. The fourth-order valence-electron chi connectivity index (χ4n) is 0.888. The summed E-state index contributed by atoms with van der Waals surface area (Å²) in [5.74, 6) is 0. The van der Waals surface area contributed by atoms with Crippen LogP contribution in [0, 0.1) is 0 Å². The molecular formula is C10H16N2O2S. The van der Waals surface area contributed by atoms with Crippen molar-refractivity contribution >= 4 is 21.4 Å². The van der Waals surface area contributed by atoms with Crippen LogP contribution >= 0.6 is 0 Å². The minimum absolute atomic E-state index is 0.422. The van der Waals surface area contributed by atoms with E-state index >= 15 is 0 Å². The fourth-order valence-corrected chi connectivity index (χ4v) is 1.67. The summed E-state index contributed by atoms with van der Waals surface area (Å²) in [6, 6.07) is 6.78. The number of para-hydroxylation sites is 2. The second-order valence-corrected chi connectivity index (χ2v) is 6.74. The molecule has 84 valence electrons. The van der Waals surface area contributed by atoms with E-state index in [0.29, 0.717) is 11.4 Å². The van der Waals surface area contributed by atoms with Gasteiger partial charge >= 0.3 is 0 Å². The average molecular weight is 228 g/mol. The normalized spacial score (nSPS) is 12.5. The van der Waals surface area contributed by atoms with Crippen LogP contribution in [0.3, 0.4) is 0 Å². The van der Waals surface area contributed by atoms with Crippen LogP contribution in [0.4, 0.5) is 11.4 Å². The minimum Gasteiger partial charge on any atom is -0.397 e. The lowest BCUT2D eigenvalue weighted by Gasteiger charge is -2.21. The van der Waals surface area contributed by atoms with Crippen LogP contribution in [0.2, 0.25) is 0 Å². The second kappa shape index (κ2) is 3.73. The molecule has 0 saturated heterocycles. The van der Waals surface area contributed by atoms with Crippen molar-refractivity contribution in [3.8, 4) is 0 Å². The molecule has 0 atom stereocenters. The molecule has 1 rings (SSSR count). The smallest absolute Gasteiger partial charge is 0.237 e. The summed E-state index contributed by atoms with van der Waals surface area (Å²) in [4.78, 5) is 0. The molecule has 1 aromatic carbocycles. The van der Waals surface area contributed by atoms with Gasteiger partial charge in [-0.15, -0.1) is 0 Å². The van der Waals surface area contributed by atoms with Crippen molar-refractivity contribution < 1.29 is 8.42 Å². The molecule has 0 aliphatic heterocycles. The molecule has 0 saturated carbocycles. The Morgan fingerprint density at radius 1 is 1.20 bits per heavy atom. The molecule has 0 radical (unpaired) electrons. The van der Waals surface area contributed by atoms with E-state index in [9.17, 15) is 8.42 Å². The molecule has 4 nitrogen and oxygen atoms in total. The highest BCUT2D eigenvalue weighted by molar-refractivity contribution is 7.94. The predicted octanol–water partition coefficient (Wildman–Crippen LogP) is 1.81. The SMILES string of the molecule is CC(C)(C)S(=O)(=O)Nc1ccccc1N. The zero-order valence-corrected chi connectivity index (χ0v) is 9.93. The third kappa shape index (κ3) is 2.62. The van der Waals surface area contributed by atoms with Gasteiger partial charge in [0.2, 0.25) is 10.0 Å². The Hall–Kier alpha value is -1.23. The number of nitrogen functional groups attached to an aromatic ring is 1. The summed E-state index contributed by atoms with van der Waals surface area (Å²) < 4.78 is 25.2. The zero-order valence-electron chi connectivity index (χ0n) is 9.11. The molecular weight excluding hydrogens is 212 g/mol. The standard InChI is InChI=1S/C10H16N2O2S/c1-10(2,3)15(13,14)12-9-7-5-4-6-8(9)11/h4-7,12H,11H2,1-3H3. The van der Waals surface area contributed by atoms with Gasteiger partial charge in [-0.2, -0.15) is 0 Å². The fraction of sp³-hybridized carbons (Fsp3) is 0.400. The lowest BCUT2D eigenvalue weighted by Crippen LogP contribution is -2.33. The molecule has 0 spiro atoms. The Labute approximate surface area is 90.5 Å². The van der Waals surface area contributed by atoms with Crippen molar-refractivity contribution in [2.45, 2.75) is 25.5 Å². The van der Waals surface area contributed by atoms with Gasteiger partial charge in [0.05, 0.1) is 16.1 Å². The largest absolute Gasteiger partial charge is 0.397 e. The number of hydrogen-bond donors (Lipinski definition) is 2. The molecule has 3 N–H and O–H groups in total. The van der Waals surface area contributed by atoms with Crippen molar-refractivity contribution in [2.24, 2.45) is 0 Å². The van der Waals surface area contributed by atoms with Crippen LogP contribution in [0.1, 0.15) is 20.8 Å². The summed E-state index contributed by atoms with van der Waals surface area (Å²) in [6.07, 6.45) is 0. The molecule has 0 amide bonds. The van der Waals surface area contributed by atoms with Crippen molar-refractivity contribution in [3.05, 3.63) is 24.3 Å². The van der Waals surface area contributed by atoms with E-state index in [-0.39, 0.29) is 0 Å². The number of rotatable bonds is 2. The van der Waals surface area contributed by atoms with Gasteiger partial charge in [0.1, 0.15) is 0 Å². The first kappa shape index (κ1) is 11.8. The number of benzene rings is 1. The second-order valence-electron chi connectivity index (χ2n) is 4.31. The van der Waals surface area contributed by atoms with Gasteiger partial charge in [-0.3, -0.25) is 4.72 Å². The maximum absolute atomic E-state index is 11.8. The highest BCUT2D eigenvalue weighted by Crippen LogP contribution is 2.23. The Bertz CT molecular complexity index is 447. The van der Waals surface area contributed by atoms with Crippen LogP contribution in [-0.4, -0.2) is 13.2 Å². The predicted molar refractivity (Wildman–Crippen MR) is 63.1 cm³/mol. The minimum atomic E-state index is -3.40. The Balaban J connectivity index is 3.03. The van der Waals surface area contributed by atoms with Crippen LogP contribution in [0.25, 0.3) is 0 Å². The van der Waals surface area contributed by atoms with E-state index < -0.39 is 14.8 Å². The number of hydrogen-bond acceptors (Lipinski definition) is 3. The highest BCUT2D eigenvalue weighted by atomic mass is 32.2. The van der Waals surface area contributed by atoms with E-state index in [4.69, 9.17) is 5.73 Å². The monoisotopic (exact) mass is 228 g/mol.